The number of hydrogen-bond acceptors (Lipinski definition) is 4. The Kier molecular flexibility index (Phi) is 9.62. The van der Waals surface area contributed by atoms with E-state index >= 15 is 0 Å². The first kappa shape index (κ1) is 17.4. The standard InChI is InChI=1S/C15H24ClNO3/c1-18-8-9-20-11-10-19-7-6-13(12-17)14-4-2-3-5-15(14)16/h2-5,13H,6-12,17H2,1H3. The Morgan fingerprint density at radius 1 is 1.05 bits per heavy atom. The molecule has 4 nitrogen and oxygen atoms in total. The second-order valence-corrected chi connectivity index (χ2v) is 4.87. The molecule has 1 aromatic rings. The van der Waals surface area contributed by atoms with Gasteiger partial charge in [-0.2, -0.15) is 0 Å². The van der Waals surface area contributed by atoms with Crippen LogP contribution in [0.2, 0.25) is 5.02 Å². The highest BCUT2D eigenvalue weighted by molar-refractivity contribution is 6.31. The molecule has 0 aliphatic carbocycles. The second-order valence-electron chi connectivity index (χ2n) is 4.46. The fourth-order valence-electron chi connectivity index (χ4n) is 1.90. The highest BCUT2D eigenvalue weighted by Crippen LogP contribution is 2.26. The lowest BCUT2D eigenvalue weighted by atomic mass is 9.96. The molecule has 0 aromatic heterocycles. The van der Waals surface area contributed by atoms with Crippen molar-refractivity contribution in [3.63, 3.8) is 0 Å². The van der Waals surface area contributed by atoms with Crippen LogP contribution in [-0.2, 0) is 14.2 Å². The minimum Gasteiger partial charge on any atom is -0.382 e. The van der Waals surface area contributed by atoms with Crippen LogP contribution >= 0.6 is 11.6 Å². The van der Waals surface area contributed by atoms with E-state index in [2.05, 4.69) is 0 Å². The van der Waals surface area contributed by atoms with E-state index in [0.717, 1.165) is 17.0 Å². The summed E-state index contributed by atoms with van der Waals surface area (Å²) in [5.74, 6) is 0.234. The monoisotopic (exact) mass is 301 g/mol. The number of nitrogens with two attached hydrogens (primary N) is 1. The normalized spacial score (nSPS) is 12.6. The van der Waals surface area contributed by atoms with Crippen LogP contribution < -0.4 is 5.73 Å². The molecule has 0 heterocycles. The molecule has 20 heavy (non-hydrogen) atoms. The van der Waals surface area contributed by atoms with Gasteiger partial charge in [0, 0.05) is 18.7 Å². The van der Waals surface area contributed by atoms with Crippen LogP contribution in [0.5, 0.6) is 0 Å². The summed E-state index contributed by atoms with van der Waals surface area (Å²) in [6.45, 7) is 3.61. The van der Waals surface area contributed by atoms with Gasteiger partial charge in [0.05, 0.1) is 26.4 Å². The molecule has 0 saturated carbocycles. The fraction of sp³-hybridized carbons (Fsp3) is 0.600. The summed E-state index contributed by atoms with van der Waals surface area (Å²) in [5.41, 5.74) is 6.91. The van der Waals surface area contributed by atoms with Gasteiger partial charge in [-0.25, -0.2) is 0 Å². The topological polar surface area (TPSA) is 53.7 Å². The van der Waals surface area contributed by atoms with E-state index in [0.29, 0.717) is 39.6 Å². The van der Waals surface area contributed by atoms with Crippen LogP contribution in [0.1, 0.15) is 17.9 Å². The zero-order chi connectivity index (χ0) is 14.6. The molecule has 114 valence electrons. The first-order chi connectivity index (χ1) is 9.79. The van der Waals surface area contributed by atoms with Gasteiger partial charge >= 0.3 is 0 Å². The average molecular weight is 302 g/mol. The van der Waals surface area contributed by atoms with Crippen LogP contribution in [0, 0.1) is 0 Å². The smallest absolute Gasteiger partial charge is 0.0701 e. The molecule has 2 N–H and O–H groups in total. The number of rotatable bonds is 11. The van der Waals surface area contributed by atoms with E-state index in [-0.39, 0.29) is 5.92 Å². The molecule has 0 amide bonds. The molecule has 1 atom stereocenters. The molecule has 0 saturated heterocycles. The van der Waals surface area contributed by atoms with E-state index in [1.165, 1.54) is 0 Å². The Labute approximate surface area is 126 Å². The number of ether oxygens (including phenoxy) is 3. The summed E-state index contributed by atoms with van der Waals surface area (Å²) < 4.78 is 15.7. The minimum absolute atomic E-state index is 0.234. The average Bonchev–Trinajstić information content (AvgIpc) is 2.47. The first-order valence-corrected chi connectivity index (χ1v) is 7.26. The molecule has 1 unspecified atom stereocenters. The van der Waals surface area contributed by atoms with Gasteiger partial charge in [-0.3, -0.25) is 0 Å². The fourth-order valence-corrected chi connectivity index (χ4v) is 2.19. The van der Waals surface area contributed by atoms with E-state index in [1.54, 1.807) is 7.11 Å². The first-order valence-electron chi connectivity index (χ1n) is 6.88. The zero-order valence-corrected chi connectivity index (χ0v) is 12.8. The maximum absolute atomic E-state index is 6.18. The van der Waals surface area contributed by atoms with Crippen molar-refractivity contribution in [1.82, 2.24) is 0 Å². The van der Waals surface area contributed by atoms with Crippen molar-refractivity contribution in [3.05, 3.63) is 34.9 Å². The molecule has 5 heteroatoms. The van der Waals surface area contributed by atoms with Crippen LogP contribution in [-0.4, -0.2) is 46.7 Å². The third kappa shape index (κ3) is 6.68. The van der Waals surface area contributed by atoms with Crippen molar-refractivity contribution in [2.75, 3.05) is 46.7 Å². The quantitative estimate of drug-likeness (QED) is 0.638. The highest BCUT2D eigenvalue weighted by Gasteiger charge is 2.12. The molecule has 0 aliphatic heterocycles. The summed E-state index contributed by atoms with van der Waals surface area (Å²) in [5, 5.41) is 0.769. The van der Waals surface area contributed by atoms with Gasteiger partial charge in [-0.1, -0.05) is 29.8 Å². The van der Waals surface area contributed by atoms with Gasteiger partial charge in [-0.15, -0.1) is 0 Å². The van der Waals surface area contributed by atoms with Gasteiger partial charge in [0.2, 0.25) is 0 Å². The highest BCUT2D eigenvalue weighted by atomic mass is 35.5. The largest absolute Gasteiger partial charge is 0.382 e. The number of methoxy groups -OCH3 is 1. The van der Waals surface area contributed by atoms with Crippen LogP contribution in [0.4, 0.5) is 0 Å². The SMILES string of the molecule is COCCOCCOCCC(CN)c1ccccc1Cl. The summed E-state index contributed by atoms with van der Waals surface area (Å²) in [6, 6.07) is 7.82. The third-order valence-electron chi connectivity index (χ3n) is 3.04. The molecule has 0 bridgehead atoms. The van der Waals surface area contributed by atoms with Crippen molar-refractivity contribution in [3.8, 4) is 0 Å². The zero-order valence-electron chi connectivity index (χ0n) is 12.0. The summed E-state index contributed by atoms with van der Waals surface area (Å²) in [7, 11) is 1.65. The van der Waals surface area contributed by atoms with Gasteiger partial charge < -0.3 is 19.9 Å². The lowest BCUT2D eigenvalue weighted by Gasteiger charge is -2.16. The van der Waals surface area contributed by atoms with Crippen molar-refractivity contribution in [2.45, 2.75) is 12.3 Å². The van der Waals surface area contributed by atoms with Gasteiger partial charge in [0.25, 0.3) is 0 Å². The molecule has 1 rings (SSSR count). The summed E-state index contributed by atoms with van der Waals surface area (Å²) in [4.78, 5) is 0. The van der Waals surface area contributed by atoms with Crippen LogP contribution in [0.3, 0.4) is 0 Å². The Bertz CT molecular complexity index is 363. The molecule has 0 fully saturated rings. The van der Waals surface area contributed by atoms with Crippen molar-refractivity contribution < 1.29 is 14.2 Å². The molecular weight excluding hydrogens is 278 g/mol. The van der Waals surface area contributed by atoms with E-state index in [4.69, 9.17) is 31.5 Å². The minimum atomic E-state index is 0.234. The molecular formula is C15H24ClNO3. The van der Waals surface area contributed by atoms with Gasteiger partial charge in [-0.05, 0) is 30.5 Å². The lowest BCUT2D eigenvalue weighted by molar-refractivity contribution is 0.0234. The van der Waals surface area contributed by atoms with E-state index in [9.17, 15) is 0 Å². The Morgan fingerprint density at radius 2 is 1.70 bits per heavy atom. The molecule has 0 aliphatic rings. The summed E-state index contributed by atoms with van der Waals surface area (Å²) in [6.07, 6.45) is 0.859. The van der Waals surface area contributed by atoms with Gasteiger partial charge in [0.15, 0.2) is 0 Å². The van der Waals surface area contributed by atoms with E-state index in [1.807, 2.05) is 24.3 Å². The van der Waals surface area contributed by atoms with Crippen LogP contribution in [0.25, 0.3) is 0 Å². The third-order valence-corrected chi connectivity index (χ3v) is 3.39. The predicted octanol–water partition coefficient (Wildman–Crippen LogP) is 2.45. The van der Waals surface area contributed by atoms with Crippen molar-refractivity contribution in [2.24, 2.45) is 5.73 Å². The molecule has 1 aromatic carbocycles. The number of halogens is 1. The Morgan fingerprint density at radius 3 is 2.35 bits per heavy atom. The summed E-state index contributed by atoms with van der Waals surface area (Å²) >= 11 is 6.18. The predicted molar refractivity (Wildman–Crippen MR) is 81.4 cm³/mol. The number of benzene rings is 1. The van der Waals surface area contributed by atoms with E-state index < -0.39 is 0 Å². The lowest BCUT2D eigenvalue weighted by Crippen LogP contribution is -2.16. The maximum Gasteiger partial charge on any atom is 0.0701 e. The van der Waals surface area contributed by atoms with Crippen molar-refractivity contribution >= 4 is 11.6 Å². The van der Waals surface area contributed by atoms with Gasteiger partial charge in [0.1, 0.15) is 0 Å². The Balaban J connectivity index is 2.18. The van der Waals surface area contributed by atoms with Crippen molar-refractivity contribution in [1.29, 1.82) is 0 Å². The number of hydrogen-bond donors (Lipinski definition) is 1. The molecule has 0 radical (unpaired) electrons. The molecule has 0 spiro atoms. The Hall–Kier alpha value is -0.650. The van der Waals surface area contributed by atoms with Crippen LogP contribution in [0.15, 0.2) is 24.3 Å². The second kappa shape index (κ2) is 11.1. The maximum atomic E-state index is 6.18.